The van der Waals surface area contributed by atoms with Gasteiger partial charge in [0.25, 0.3) is 0 Å². The van der Waals surface area contributed by atoms with E-state index >= 15 is 0 Å². The molecule has 0 aliphatic heterocycles. The average molecular weight is 382 g/mol. The number of nitrogens with one attached hydrogen (secondary N) is 1. The van der Waals surface area contributed by atoms with Crippen LogP contribution in [0.1, 0.15) is 10.4 Å². The van der Waals surface area contributed by atoms with Gasteiger partial charge < -0.3 is 5.11 Å². The van der Waals surface area contributed by atoms with E-state index < -0.39 is 15.6 Å². The summed E-state index contributed by atoms with van der Waals surface area (Å²) in [6.45, 7) is -0.0851. The lowest BCUT2D eigenvalue weighted by Crippen LogP contribution is -2.41. The molecule has 1 atom stereocenters. The molecule has 0 aliphatic carbocycles. The fraction of sp³-hybridized carbons (Fsp3) is 0.273. The van der Waals surface area contributed by atoms with Crippen LogP contribution in [0.3, 0.4) is 0 Å². The molecule has 8 heteroatoms. The van der Waals surface area contributed by atoms with E-state index in [4.69, 9.17) is 0 Å². The summed E-state index contributed by atoms with van der Waals surface area (Å²) in [6.07, 6.45) is 0. The molecule has 104 valence electrons. The predicted octanol–water partition coefficient (Wildman–Crippen LogP) is 2.32. The van der Waals surface area contributed by atoms with Crippen LogP contribution in [0.15, 0.2) is 34.3 Å². The molecule has 2 rings (SSSR count). The Morgan fingerprint density at radius 1 is 1.37 bits per heavy atom. The van der Waals surface area contributed by atoms with Gasteiger partial charge in [-0.1, -0.05) is 22.0 Å². The highest BCUT2D eigenvalue weighted by Gasteiger charge is 2.34. The molecule has 0 bridgehead atoms. The molecule has 19 heavy (non-hydrogen) atoms. The first-order valence-electron chi connectivity index (χ1n) is 5.30. The highest BCUT2D eigenvalue weighted by Crippen LogP contribution is 2.33. The van der Waals surface area contributed by atoms with Crippen molar-refractivity contribution in [2.45, 2.75) is 5.60 Å². The van der Waals surface area contributed by atoms with Crippen molar-refractivity contribution in [1.29, 1.82) is 0 Å². The minimum Gasteiger partial charge on any atom is -0.378 e. The van der Waals surface area contributed by atoms with E-state index in [0.717, 1.165) is 0 Å². The Morgan fingerprint density at radius 2 is 2.16 bits per heavy atom. The van der Waals surface area contributed by atoms with E-state index in [1.807, 2.05) is 22.2 Å². The highest BCUT2D eigenvalue weighted by molar-refractivity contribution is 9.10. The summed E-state index contributed by atoms with van der Waals surface area (Å²) in [5.74, 6) is 0. The first-order valence-corrected chi connectivity index (χ1v) is 9.90. The molecule has 2 heterocycles. The summed E-state index contributed by atoms with van der Waals surface area (Å²) < 4.78 is 25.3. The Labute approximate surface area is 128 Å². The summed E-state index contributed by atoms with van der Waals surface area (Å²) in [7, 11) is -3.42. The molecule has 0 fully saturated rings. The lowest BCUT2D eigenvalue weighted by molar-refractivity contribution is 0.0904. The van der Waals surface area contributed by atoms with Crippen molar-refractivity contribution >= 4 is 48.6 Å². The summed E-state index contributed by atoms with van der Waals surface area (Å²) >= 11 is 5.76. The maximum absolute atomic E-state index is 11.5. The quantitative estimate of drug-likeness (QED) is 0.754. The summed E-state index contributed by atoms with van der Waals surface area (Å²) in [5.41, 5.74) is -0.638. The first-order chi connectivity index (χ1) is 8.98. The highest BCUT2D eigenvalue weighted by atomic mass is 79.9. The van der Waals surface area contributed by atoms with E-state index in [1.54, 1.807) is 12.1 Å². The van der Waals surface area contributed by atoms with E-state index in [9.17, 15) is 13.5 Å². The van der Waals surface area contributed by atoms with E-state index in [0.29, 0.717) is 10.4 Å². The van der Waals surface area contributed by atoms with E-state index in [1.165, 1.54) is 22.7 Å². The van der Waals surface area contributed by atoms with Gasteiger partial charge in [0.15, 0.2) is 0 Å². The topological polar surface area (TPSA) is 66.4 Å². The van der Waals surface area contributed by atoms with Crippen LogP contribution < -0.4 is 4.72 Å². The molecule has 0 aliphatic rings. The van der Waals surface area contributed by atoms with Gasteiger partial charge in [0.1, 0.15) is 10.3 Å². The molecule has 0 saturated heterocycles. The van der Waals surface area contributed by atoms with Crippen LogP contribution in [0.4, 0.5) is 0 Å². The smallest absolute Gasteiger partial charge is 0.221 e. The zero-order valence-electron chi connectivity index (χ0n) is 9.74. The van der Waals surface area contributed by atoms with Crippen LogP contribution in [0.25, 0.3) is 0 Å². The van der Waals surface area contributed by atoms with Gasteiger partial charge in [-0.2, -0.15) is 11.3 Å². The minimum absolute atomic E-state index is 0.0851. The Balaban J connectivity index is 2.31. The zero-order chi connectivity index (χ0) is 13.9. The fourth-order valence-electron chi connectivity index (χ4n) is 1.60. The van der Waals surface area contributed by atoms with E-state index in [2.05, 4.69) is 20.7 Å². The third-order valence-electron chi connectivity index (χ3n) is 2.62. The Kier molecular flexibility index (Phi) is 4.80. The van der Waals surface area contributed by atoms with Crippen molar-refractivity contribution in [2.24, 2.45) is 0 Å². The van der Waals surface area contributed by atoms with Gasteiger partial charge in [0.2, 0.25) is 10.0 Å². The lowest BCUT2D eigenvalue weighted by atomic mass is 9.95. The summed E-state index contributed by atoms with van der Waals surface area (Å²) in [6, 6.07) is 5.42. The number of hydrogen-bond donors (Lipinski definition) is 2. The van der Waals surface area contributed by atoms with Crippen LogP contribution in [0.2, 0.25) is 0 Å². The van der Waals surface area contributed by atoms with Gasteiger partial charge >= 0.3 is 0 Å². The van der Waals surface area contributed by atoms with Gasteiger partial charge in [-0.25, -0.2) is 13.1 Å². The number of hydrogen-bond acceptors (Lipinski definition) is 5. The number of halogens is 1. The number of thiophene rings is 2. The van der Waals surface area contributed by atoms with Crippen molar-refractivity contribution in [3.63, 3.8) is 0 Å². The molecular weight excluding hydrogens is 370 g/mol. The third kappa shape index (κ3) is 3.45. The van der Waals surface area contributed by atoms with Crippen LogP contribution in [-0.2, 0) is 15.6 Å². The number of alkyl halides is 1. The second-order valence-electron chi connectivity index (χ2n) is 3.89. The van der Waals surface area contributed by atoms with Crippen molar-refractivity contribution < 1.29 is 13.5 Å². The fourth-order valence-corrected chi connectivity index (χ4v) is 4.16. The summed E-state index contributed by atoms with van der Waals surface area (Å²) in [4.78, 5) is 0.711. The lowest BCUT2D eigenvalue weighted by Gasteiger charge is -2.26. The molecule has 0 aromatic carbocycles. The second-order valence-corrected chi connectivity index (χ2v) is 8.73. The minimum atomic E-state index is -3.42. The van der Waals surface area contributed by atoms with Crippen LogP contribution in [0.5, 0.6) is 0 Å². The average Bonchev–Trinajstić information content (AvgIpc) is 3.08. The molecule has 2 aromatic rings. The first kappa shape index (κ1) is 15.1. The molecule has 0 saturated carbocycles. The molecular formula is C11H12BrNO3S3. The zero-order valence-corrected chi connectivity index (χ0v) is 13.8. The SMILES string of the molecule is O=S(=O)(CBr)NCC(O)(c1ccsc1)c1cccs1. The standard InChI is InChI=1S/C11H12BrNO3S3/c12-8-19(15,16)13-7-11(14,9-3-5-17-6-9)10-2-1-4-18-10/h1-6,13-14H,7-8H2. The van der Waals surface area contributed by atoms with Gasteiger partial charge in [-0.05, 0) is 28.3 Å². The molecule has 0 spiro atoms. The van der Waals surface area contributed by atoms with Crippen LogP contribution in [-0.4, -0.2) is 24.7 Å². The van der Waals surface area contributed by atoms with Crippen molar-refractivity contribution in [3.05, 3.63) is 44.8 Å². The van der Waals surface area contributed by atoms with Crippen molar-refractivity contribution in [3.8, 4) is 0 Å². The molecule has 2 N–H and O–H groups in total. The normalized spacial score (nSPS) is 15.3. The Bertz CT molecular complexity index is 573. The van der Waals surface area contributed by atoms with Gasteiger partial charge in [-0.3, -0.25) is 0 Å². The van der Waals surface area contributed by atoms with E-state index in [-0.39, 0.29) is 11.2 Å². The van der Waals surface area contributed by atoms with Gasteiger partial charge in [0, 0.05) is 17.0 Å². The molecule has 1 unspecified atom stereocenters. The maximum Gasteiger partial charge on any atom is 0.221 e. The predicted molar refractivity (Wildman–Crippen MR) is 82.4 cm³/mol. The molecule has 0 radical (unpaired) electrons. The van der Waals surface area contributed by atoms with Gasteiger partial charge in [-0.15, -0.1) is 11.3 Å². The number of sulfonamides is 1. The third-order valence-corrected chi connectivity index (χ3v) is 7.00. The number of aliphatic hydroxyl groups is 1. The summed E-state index contributed by atoms with van der Waals surface area (Å²) in [5, 5.41) is 16.4. The Hall–Kier alpha value is -0.250. The maximum atomic E-state index is 11.5. The van der Waals surface area contributed by atoms with Crippen LogP contribution in [0, 0.1) is 0 Å². The van der Waals surface area contributed by atoms with Gasteiger partial charge in [0.05, 0.1) is 0 Å². The molecule has 4 nitrogen and oxygen atoms in total. The molecule has 0 amide bonds. The number of rotatable bonds is 6. The second kappa shape index (κ2) is 6.02. The van der Waals surface area contributed by atoms with Crippen LogP contribution >= 0.6 is 38.6 Å². The largest absolute Gasteiger partial charge is 0.378 e. The van der Waals surface area contributed by atoms with Crippen molar-refractivity contribution in [2.75, 3.05) is 11.2 Å². The Morgan fingerprint density at radius 3 is 2.68 bits per heavy atom. The van der Waals surface area contributed by atoms with Crippen molar-refractivity contribution in [1.82, 2.24) is 4.72 Å². The monoisotopic (exact) mass is 381 g/mol. The molecule has 2 aromatic heterocycles.